The topological polar surface area (TPSA) is 84.6 Å². The molecule has 4 rings (SSSR count). The summed E-state index contributed by atoms with van der Waals surface area (Å²) in [4.78, 5) is 14.5. The quantitative estimate of drug-likeness (QED) is 0.734. The SMILES string of the molecule is O=C(CSc1nnc2ccccn12)N(C1CC1)[C@@H]1CCS(=O)(=O)C1. The van der Waals surface area contributed by atoms with Gasteiger partial charge in [0.05, 0.1) is 17.3 Å². The van der Waals surface area contributed by atoms with Crippen molar-refractivity contribution < 1.29 is 13.2 Å². The number of amides is 1. The molecule has 24 heavy (non-hydrogen) atoms. The van der Waals surface area contributed by atoms with Crippen molar-refractivity contribution in [1.29, 1.82) is 0 Å². The van der Waals surface area contributed by atoms with Crippen molar-refractivity contribution in [1.82, 2.24) is 19.5 Å². The minimum absolute atomic E-state index is 0.00252. The Morgan fingerprint density at radius 3 is 2.79 bits per heavy atom. The summed E-state index contributed by atoms with van der Waals surface area (Å²) in [5.41, 5.74) is 0.744. The molecule has 2 aromatic heterocycles. The summed E-state index contributed by atoms with van der Waals surface area (Å²) in [5.74, 6) is 0.546. The monoisotopic (exact) mass is 366 g/mol. The smallest absolute Gasteiger partial charge is 0.233 e. The molecule has 128 valence electrons. The molecule has 1 saturated heterocycles. The van der Waals surface area contributed by atoms with E-state index in [2.05, 4.69) is 10.2 Å². The fourth-order valence-electron chi connectivity index (χ4n) is 3.17. The number of thioether (sulfide) groups is 1. The molecule has 1 saturated carbocycles. The second-order valence-corrected chi connectivity index (χ2v) is 9.46. The van der Waals surface area contributed by atoms with Crippen LogP contribution in [0.3, 0.4) is 0 Å². The zero-order chi connectivity index (χ0) is 16.7. The maximum atomic E-state index is 12.7. The zero-order valence-corrected chi connectivity index (χ0v) is 14.7. The van der Waals surface area contributed by atoms with Crippen LogP contribution in [-0.4, -0.2) is 63.2 Å². The molecule has 0 spiro atoms. The lowest BCUT2D eigenvalue weighted by molar-refractivity contribution is -0.130. The fourth-order valence-corrected chi connectivity index (χ4v) is 5.68. The number of aromatic nitrogens is 3. The van der Waals surface area contributed by atoms with E-state index in [0.29, 0.717) is 11.6 Å². The van der Waals surface area contributed by atoms with E-state index >= 15 is 0 Å². The first-order chi connectivity index (χ1) is 11.5. The van der Waals surface area contributed by atoms with Crippen LogP contribution in [-0.2, 0) is 14.6 Å². The number of hydrogen-bond acceptors (Lipinski definition) is 6. The molecule has 1 atom stereocenters. The van der Waals surface area contributed by atoms with Crippen molar-refractivity contribution in [3.8, 4) is 0 Å². The molecule has 1 aliphatic carbocycles. The molecule has 0 N–H and O–H groups in total. The minimum atomic E-state index is -2.99. The van der Waals surface area contributed by atoms with E-state index < -0.39 is 9.84 Å². The van der Waals surface area contributed by atoms with Gasteiger partial charge in [0.2, 0.25) is 5.91 Å². The van der Waals surface area contributed by atoms with E-state index in [4.69, 9.17) is 0 Å². The standard InChI is InChI=1S/C15H18N4O3S2/c20-14(9-23-15-17-16-13-3-1-2-7-18(13)15)19(11-4-5-11)12-6-8-24(21,22)10-12/h1-3,7,11-12H,4-6,8-10H2/t12-/m1/s1. The Labute approximate surface area is 144 Å². The van der Waals surface area contributed by atoms with Crippen LogP contribution in [0.15, 0.2) is 29.6 Å². The van der Waals surface area contributed by atoms with Crippen LogP contribution in [0.2, 0.25) is 0 Å². The molecule has 0 unspecified atom stereocenters. The molecule has 7 nitrogen and oxygen atoms in total. The van der Waals surface area contributed by atoms with Crippen molar-refractivity contribution in [3.63, 3.8) is 0 Å². The second kappa shape index (κ2) is 6.03. The highest BCUT2D eigenvalue weighted by Crippen LogP contribution is 2.33. The number of carbonyl (C=O) groups is 1. The van der Waals surface area contributed by atoms with Gasteiger partial charge in [-0.2, -0.15) is 0 Å². The lowest BCUT2D eigenvalue weighted by Crippen LogP contribution is -2.43. The minimum Gasteiger partial charge on any atom is -0.335 e. The molecule has 2 fully saturated rings. The van der Waals surface area contributed by atoms with Gasteiger partial charge < -0.3 is 4.90 Å². The molecule has 2 aromatic rings. The largest absolute Gasteiger partial charge is 0.335 e. The summed E-state index contributed by atoms with van der Waals surface area (Å²) in [7, 11) is -2.99. The predicted molar refractivity (Wildman–Crippen MR) is 90.6 cm³/mol. The number of fused-ring (bicyclic) bond motifs is 1. The Bertz CT molecular complexity index is 876. The molecule has 3 heterocycles. The van der Waals surface area contributed by atoms with Crippen molar-refractivity contribution in [2.24, 2.45) is 0 Å². The van der Waals surface area contributed by atoms with Crippen molar-refractivity contribution in [2.45, 2.75) is 36.5 Å². The van der Waals surface area contributed by atoms with Gasteiger partial charge in [0, 0.05) is 18.3 Å². The molecule has 0 bridgehead atoms. The van der Waals surface area contributed by atoms with Gasteiger partial charge in [0.15, 0.2) is 20.6 Å². The van der Waals surface area contributed by atoms with E-state index in [1.165, 1.54) is 11.8 Å². The third kappa shape index (κ3) is 3.14. The summed E-state index contributed by atoms with van der Waals surface area (Å²) in [5, 5.41) is 8.87. The van der Waals surface area contributed by atoms with Gasteiger partial charge in [-0.15, -0.1) is 10.2 Å². The van der Waals surface area contributed by atoms with Gasteiger partial charge in [0.1, 0.15) is 0 Å². The van der Waals surface area contributed by atoms with Crippen LogP contribution in [0.1, 0.15) is 19.3 Å². The highest BCUT2D eigenvalue weighted by molar-refractivity contribution is 7.99. The lowest BCUT2D eigenvalue weighted by Gasteiger charge is -2.28. The Hall–Kier alpha value is -1.61. The number of hydrogen-bond donors (Lipinski definition) is 0. The summed E-state index contributed by atoms with van der Waals surface area (Å²) in [6, 6.07) is 5.69. The molecular formula is C15H18N4O3S2. The molecular weight excluding hydrogens is 348 g/mol. The van der Waals surface area contributed by atoms with Crippen molar-refractivity contribution in [3.05, 3.63) is 24.4 Å². The predicted octanol–water partition coefficient (Wildman–Crippen LogP) is 0.999. The first kappa shape index (κ1) is 15.9. The summed E-state index contributed by atoms with van der Waals surface area (Å²) in [6.07, 6.45) is 4.37. The summed E-state index contributed by atoms with van der Waals surface area (Å²) >= 11 is 1.35. The van der Waals surface area contributed by atoms with E-state index in [1.54, 1.807) is 0 Å². The Morgan fingerprint density at radius 1 is 1.25 bits per heavy atom. The lowest BCUT2D eigenvalue weighted by atomic mass is 10.2. The van der Waals surface area contributed by atoms with Gasteiger partial charge in [-0.3, -0.25) is 9.20 Å². The number of carbonyl (C=O) groups excluding carboxylic acids is 1. The van der Waals surface area contributed by atoms with Gasteiger partial charge in [-0.25, -0.2) is 8.42 Å². The van der Waals surface area contributed by atoms with Crippen LogP contribution in [0.4, 0.5) is 0 Å². The number of nitrogens with zero attached hydrogens (tertiary/aromatic N) is 4. The average Bonchev–Trinajstić information content (AvgIpc) is 3.19. The highest BCUT2D eigenvalue weighted by atomic mass is 32.2. The van der Waals surface area contributed by atoms with Crippen LogP contribution in [0.25, 0.3) is 5.65 Å². The van der Waals surface area contributed by atoms with Crippen LogP contribution in [0, 0.1) is 0 Å². The Balaban J connectivity index is 1.46. The van der Waals surface area contributed by atoms with E-state index in [9.17, 15) is 13.2 Å². The second-order valence-electron chi connectivity index (χ2n) is 6.29. The van der Waals surface area contributed by atoms with Gasteiger partial charge in [0.25, 0.3) is 0 Å². The van der Waals surface area contributed by atoms with Crippen LogP contribution in [0.5, 0.6) is 0 Å². The maximum Gasteiger partial charge on any atom is 0.233 e. The van der Waals surface area contributed by atoms with Gasteiger partial charge >= 0.3 is 0 Å². The Morgan fingerprint density at radius 2 is 2.08 bits per heavy atom. The van der Waals surface area contributed by atoms with E-state index in [-0.39, 0.29) is 35.2 Å². The molecule has 2 aliphatic rings. The normalized spacial score (nSPS) is 22.8. The number of pyridine rings is 1. The third-order valence-corrected chi connectivity index (χ3v) is 7.12. The van der Waals surface area contributed by atoms with Crippen LogP contribution >= 0.6 is 11.8 Å². The Kier molecular flexibility index (Phi) is 4.00. The molecule has 9 heteroatoms. The van der Waals surface area contributed by atoms with E-state index in [0.717, 1.165) is 18.5 Å². The highest BCUT2D eigenvalue weighted by Gasteiger charge is 2.41. The average molecular weight is 366 g/mol. The zero-order valence-electron chi connectivity index (χ0n) is 13.0. The van der Waals surface area contributed by atoms with Crippen LogP contribution < -0.4 is 0 Å². The molecule has 0 aromatic carbocycles. The van der Waals surface area contributed by atoms with Crippen molar-refractivity contribution in [2.75, 3.05) is 17.3 Å². The molecule has 1 aliphatic heterocycles. The third-order valence-electron chi connectivity index (χ3n) is 4.44. The molecule has 0 radical (unpaired) electrons. The maximum absolute atomic E-state index is 12.7. The first-order valence-corrected chi connectivity index (χ1v) is 10.8. The first-order valence-electron chi connectivity index (χ1n) is 7.98. The van der Waals surface area contributed by atoms with Crippen molar-refractivity contribution >= 4 is 33.2 Å². The summed E-state index contributed by atoms with van der Waals surface area (Å²) < 4.78 is 25.3. The number of sulfone groups is 1. The molecule has 1 amide bonds. The van der Waals surface area contributed by atoms with Gasteiger partial charge in [-0.05, 0) is 31.4 Å². The van der Waals surface area contributed by atoms with E-state index in [1.807, 2.05) is 33.7 Å². The van der Waals surface area contributed by atoms with Gasteiger partial charge in [-0.1, -0.05) is 17.8 Å². The fraction of sp³-hybridized carbons (Fsp3) is 0.533. The number of rotatable bonds is 5. The summed E-state index contributed by atoms with van der Waals surface area (Å²) in [6.45, 7) is 0.